The summed E-state index contributed by atoms with van der Waals surface area (Å²) in [6.07, 6.45) is -3.12. The number of hydrogen-bond donors (Lipinski definition) is 2. The normalized spacial score (nSPS) is 11.1. The van der Waals surface area contributed by atoms with E-state index in [0.29, 0.717) is 5.69 Å². The third-order valence-electron chi connectivity index (χ3n) is 3.56. The van der Waals surface area contributed by atoms with Crippen molar-refractivity contribution in [3.8, 4) is 0 Å². The van der Waals surface area contributed by atoms with Crippen LogP contribution in [-0.2, 0) is 6.18 Å². The molecule has 138 valence electrons. The van der Waals surface area contributed by atoms with E-state index >= 15 is 0 Å². The topological polar surface area (TPSA) is 54.0 Å². The van der Waals surface area contributed by atoms with Gasteiger partial charge in [0, 0.05) is 11.4 Å². The molecule has 0 saturated heterocycles. The van der Waals surface area contributed by atoms with Crippen LogP contribution in [0.25, 0.3) is 0 Å². The van der Waals surface area contributed by atoms with Crippen molar-refractivity contribution in [3.63, 3.8) is 0 Å². The molecule has 8 heteroatoms. The Labute approximate surface area is 151 Å². The van der Waals surface area contributed by atoms with Crippen LogP contribution in [0, 0.1) is 5.82 Å². The van der Waals surface area contributed by atoms with Gasteiger partial charge in [-0.15, -0.1) is 0 Å². The molecule has 0 radical (unpaired) electrons. The van der Waals surface area contributed by atoms with Gasteiger partial charge in [0.25, 0.3) is 5.91 Å². The molecule has 3 rings (SSSR count). The van der Waals surface area contributed by atoms with Crippen LogP contribution in [0.5, 0.6) is 0 Å². The highest BCUT2D eigenvalue weighted by atomic mass is 19.4. The lowest BCUT2D eigenvalue weighted by molar-refractivity contribution is -0.137. The molecule has 0 unspecified atom stereocenters. The number of rotatable bonds is 4. The highest BCUT2D eigenvalue weighted by Crippen LogP contribution is 2.31. The van der Waals surface area contributed by atoms with E-state index in [0.717, 1.165) is 12.1 Å². The summed E-state index contributed by atoms with van der Waals surface area (Å²) < 4.78 is 51.4. The maximum atomic E-state index is 13.1. The summed E-state index contributed by atoms with van der Waals surface area (Å²) in [4.78, 5) is 16.1. The second kappa shape index (κ2) is 7.45. The average molecular weight is 375 g/mol. The molecule has 2 aromatic carbocycles. The number of amides is 1. The number of carbonyl (C=O) groups is 1. The van der Waals surface area contributed by atoms with Gasteiger partial charge in [-0.2, -0.15) is 13.2 Å². The van der Waals surface area contributed by atoms with Crippen molar-refractivity contribution in [1.82, 2.24) is 4.98 Å². The zero-order valence-electron chi connectivity index (χ0n) is 13.7. The number of anilines is 3. The molecule has 0 aliphatic rings. The van der Waals surface area contributed by atoms with Crippen LogP contribution in [0.4, 0.5) is 34.6 Å². The summed E-state index contributed by atoms with van der Waals surface area (Å²) in [5, 5.41) is 5.30. The Hall–Kier alpha value is -3.42. The summed E-state index contributed by atoms with van der Waals surface area (Å²) in [6.45, 7) is 0. The maximum absolute atomic E-state index is 13.1. The Balaban J connectivity index is 1.69. The van der Waals surface area contributed by atoms with E-state index in [1.54, 1.807) is 0 Å². The van der Waals surface area contributed by atoms with E-state index in [2.05, 4.69) is 15.6 Å². The Bertz CT molecular complexity index is 956. The summed E-state index contributed by atoms with van der Waals surface area (Å²) in [6, 6.07) is 13.1. The Morgan fingerprint density at radius 1 is 0.889 bits per heavy atom. The van der Waals surface area contributed by atoms with Gasteiger partial charge in [-0.05, 0) is 48.5 Å². The van der Waals surface area contributed by atoms with Crippen LogP contribution in [0.15, 0.2) is 66.9 Å². The van der Waals surface area contributed by atoms with Crippen molar-refractivity contribution in [1.29, 1.82) is 0 Å². The molecule has 0 fully saturated rings. The van der Waals surface area contributed by atoms with E-state index in [9.17, 15) is 22.4 Å². The largest absolute Gasteiger partial charge is 0.416 e. The molecule has 0 aliphatic heterocycles. The molecular weight excluding hydrogens is 362 g/mol. The Kier molecular flexibility index (Phi) is 5.07. The number of aromatic nitrogens is 1. The van der Waals surface area contributed by atoms with Crippen molar-refractivity contribution < 1.29 is 22.4 Å². The van der Waals surface area contributed by atoms with E-state index in [4.69, 9.17) is 0 Å². The fourth-order valence-corrected chi connectivity index (χ4v) is 2.30. The molecule has 1 aromatic heterocycles. The molecule has 0 spiro atoms. The minimum absolute atomic E-state index is 0.0776. The summed E-state index contributed by atoms with van der Waals surface area (Å²) in [7, 11) is 0. The van der Waals surface area contributed by atoms with Gasteiger partial charge in [0.15, 0.2) is 0 Å². The van der Waals surface area contributed by atoms with Crippen LogP contribution in [0.3, 0.4) is 0 Å². The Morgan fingerprint density at radius 2 is 1.63 bits per heavy atom. The number of halogens is 4. The minimum Gasteiger partial charge on any atom is -0.354 e. The maximum Gasteiger partial charge on any atom is 0.416 e. The lowest BCUT2D eigenvalue weighted by Gasteiger charge is -2.11. The van der Waals surface area contributed by atoms with Gasteiger partial charge in [-0.1, -0.05) is 12.1 Å². The summed E-state index contributed by atoms with van der Waals surface area (Å²) in [5.74, 6) is -1.02. The van der Waals surface area contributed by atoms with Crippen molar-refractivity contribution >= 4 is 23.0 Å². The second-order valence-corrected chi connectivity index (χ2v) is 5.60. The van der Waals surface area contributed by atoms with Crippen molar-refractivity contribution in [2.75, 3.05) is 10.6 Å². The highest BCUT2D eigenvalue weighted by molar-refractivity contribution is 6.02. The zero-order valence-corrected chi connectivity index (χ0v) is 13.7. The standard InChI is InChI=1S/C19H13F4N3O/c20-13-4-2-6-15(10-13)26-18(27)17-8-7-16(11-24-17)25-14-5-1-3-12(9-14)19(21,22)23/h1-11,25H,(H,26,27). The fraction of sp³-hybridized carbons (Fsp3) is 0.0526. The van der Waals surface area contributed by atoms with Crippen LogP contribution in [-0.4, -0.2) is 10.9 Å². The SMILES string of the molecule is O=C(Nc1cccc(F)c1)c1ccc(Nc2cccc(C(F)(F)F)c2)cn1. The first-order valence-corrected chi connectivity index (χ1v) is 7.78. The number of nitrogens with zero attached hydrogens (tertiary/aromatic N) is 1. The molecule has 0 bridgehead atoms. The predicted octanol–water partition coefficient (Wildman–Crippen LogP) is 5.24. The van der Waals surface area contributed by atoms with Crippen LogP contribution < -0.4 is 10.6 Å². The first kappa shape index (κ1) is 18.4. The molecule has 2 N–H and O–H groups in total. The van der Waals surface area contributed by atoms with Gasteiger partial charge >= 0.3 is 6.18 Å². The van der Waals surface area contributed by atoms with Crippen LogP contribution >= 0.6 is 0 Å². The highest BCUT2D eigenvalue weighted by Gasteiger charge is 2.30. The van der Waals surface area contributed by atoms with Crippen molar-refractivity contribution in [2.24, 2.45) is 0 Å². The lowest BCUT2D eigenvalue weighted by Crippen LogP contribution is -2.13. The molecule has 0 saturated carbocycles. The van der Waals surface area contributed by atoms with Crippen molar-refractivity contribution in [2.45, 2.75) is 6.18 Å². The van der Waals surface area contributed by atoms with Crippen LogP contribution in [0.1, 0.15) is 16.1 Å². The van der Waals surface area contributed by atoms with Crippen LogP contribution in [0.2, 0.25) is 0 Å². The first-order valence-electron chi connectivity index (χ1n) is 7.78. The second-order valence-electron chi connectivity index (χ2n) is 5.60. The third kappa shape index (κ3) is 4.81. The van der Waals surface area contributed by atoms with E-state index in [1.807, 2.05) is 0 Å². The molecule has 0 aliphatic carbocycles. The molecular formula is C19H13F4N3O. The number of carbonyl (C=O) groups excluding carboxylic acids is 1. The monoisotopic (exact) mass is 375 g/mol. The number of hydrogen-bond acceptors (Lipinski definition) is 3. The smallest absolute Gasteiger partial charge is 0.354 e. The quantitative estimate of drug-likeness (QED) is 0.614. The molecule has 4 nitrogen and oxygen atoms in total. The van der Waals surface area contributed by atoms with Crippen molar-refractivity contribution in [3.05, 3.63) is 83.9 Å². The number of nitrogens with one attached hydrogen (secondary N) is 2. The molecule has 1 heterocycles. The van der Waals surface area contributed by atoms with Gasteiger partial charge in [0.2, 0.25) is 0 Å². The van der Waals surface area contributed by atoms with Gasteiger partial charge in [0.05, 0.1) is 17.4 Å². The molecule has 27 heavy (non-hydrogen) atoms. The van der Waals surface area contributed by atoms with Gasteiger partial charge in [0.1, 0.15) is 11.5 Å². The first-order chi connectivity index (χ1) is 12.8. The summed E-state index contributed by atoms with van der Waals surface area (Å²) in [5.41, 5.74) is 0.244. The molecule has 1 amide bonds. The van der Waals surface area contributed by atoms with Gasteiger partial charge < -0.3 is 10.6 Å². The molecule has 3 aromatic rings. The number of benzene rings is 2. The minimum atomic E-state index is -4.44. The number of alkyl halides is 3. The Morgan fingerprint density at radius 3 is 2.30 bits per heavy atom. The fourth-order valence-electron chi connectivity index (χ4n) is 2.30. The lowest BCUT2D eigenvalue weighted by atomic mass is 10.2. The third-order valence-corrected chi connectivity index (χ3v) is 3.56. The summed E-state index contributed by atoms with van der Waals surface area (Å²) >= 11 is 0. The van der Waals surface area contributed by atoms with E-state index < -0.39 is 23.5 Å². The number of pyridine rings is 1. The zero-order chi connectivity index (χ0) is 19.4. The van der Waals surface area contributed by atoms with Gasteiger partial charge in [-0.25, -0.2) is 9.37 Å². The average Bonchev–Trinajstić information content (AvgIpc) is 2.62. The molecule has 0 atom stereocenters. The predicted molar refractivity (Wildman–Crippen MR) is 93.3 cm³/mol. The van der Waals surface area contributed by atoms with E-state index in [1.165, 1.54) is 54.7 Å². The van der Waals surface area contributed by atoms with E-state index in [-0.39, 0.29) is 17.1 Å². The van der Waals surface area contributed by atoms with Gasteiger partial charge in [-0.3, -0.25) is 4.79 Å².